The SMILES string of the molecule is N#Cc1ccc2c(n1)C1CCCC=C21. The summed E-state index contributed by atoms with van der Waals surface area (Å²) in [5.41, 5.74) is 4.43. The second-order valence-electron chi connectivity index (χ2n) is 3.88. The molecule has 0 aromatic carbocycles. The standard InChI is InChI=1S/C12H10N2/c13-7-8-5-6-11-9-3-1-2-4-10(9)12(11)14-8/h3,5-6,10H,1-2,4H2. The lowest BCUT2D eigenvalue weighted by Crippen LogP contribution is -2.20. The number of allylic oxidation sites excluding steroid dienone is 2. The van der Waals surface area contributed by atoms with E-state index in [0.29, 0.717) is 11.6 Å². The highest BCUT2D eigenvalue weighted by Crippen LogP contribution is 2.49. The summed E-state index contributed by atoms with van der Waals surface area (Å²) in [6.07, 6.45) is 5.99. The average molecular weight is 182 g/mol. The predicted molar refractivity (Wildman–Crippen MR) is 53.5 cm³/mol. The number of fused-ring (bicyclic) bond motifs is 4. The molecular formula is C12H10N2. The van der Waals surface area contributed by atoms with Gasteiger partial charge >= 0.3 is 0 Å². The zero-order valence-electron chi connectivity index (χ0n) is 7.83. The van der Waals surface area contributed by atoms with Crippen molar-refractivity contribution >= 4 is 5.57 Å². The second-order valence-corrected chi connectivity index (χ2v) is 3.88. The predicted octanol–water partition coefficient (Wildman–Crippen LogP) is 2.62. The van der Waals surface area contributed by atoms with E-state index in [9.17, 15) is 0 Å². The third-order valence-corrected chi connectivity index (χ3v) is 3.12. The Morgan fingerprint density at radius 1 is 1.43 bits per heavy atom. The summed E-state index contributed by atoms with van der Waals surface area (Å²) in [7, 11) is 0. The minimum atomic E-state index is 0.534. The van der Waals surface area contributed by atoms with Gasteiger partial charge in [0.25, 0.3) is 0 Å². The summed E-state index contributed by atoms with van der Waals surface area (Å²) in [6.45, 7) is 0. The van der Waals surface area contributed by atoms with Gasteiger partial charge in [-0.15, -0.1) is 0 Å². The van der Waals surface area contributed by atoms with E-state index < -0.39 is 0 Å². The van der Waals surface area contributed by atoms with Gasteiger partial charge in [-0.25, -0.2) is 4.98 Å². The molecule has 0 spiro atoms. The van der Waals surface area contributed by atoms with E-state index in [1.165, 1.54) is 30.4 Å². The molecule has 0 saturated heterocycles. The fraction of sp³-hybridized carbons (Fsp3) is 0.333. The van der Waals surface area contributed by atoms with Crippen molar-refractivity contribution in [2.45, 2.75) is 25.2 Å². The van der Waals surface area contributed by atoms with Crippen molar-refractivity contribution in [1.82, 2.24) is 4.98 Å². The first-order chi connectivity index (χ1) is 6.90. The van der Waals surface area contributed by atoms with Gasteiger partial charge in [-0.2, -0.15) is 5.26 Å². The summed E-state index contributed by atoms with van der Waals surface area (Å²) >= 11 is 0. The molecule has 1 unspecified atom stereocenters. The zero-order chi connectivity index (χ0) is 9.54. The third kappa shape index (κ3) is 0.871. The number of aromatic nitrogens is 1. The Morgan fingerprint density at radius 3 is 3.21 bits per heavy atom. The molecule has 1 aromatic heterocycles. The second kappa shape index (κ2) is 2.68. The maximum atomic E-state index is 8.75. The topological polar surface area (TPSA) is 36.7 Å². The molecule has 1 atom stereocenters. The van der Waals surface area contributed by atoms with E-state index >= 15 is 0 Å². The average Bonchev–Trinajstić information content (AvgIpc) is 2.25. The first kappa shape index (κ1) is 7.75. The van der Waals surface area contributed by atoms with Crippen LogP contribution in [0.3, 0.4) is 0 Å². The molecule has 0 radical (unpaired) electrons. The molecule has 68 valence electrons. The lowest BCUT2D eigenvalue weighted by atomic mass is 9.70. The largest absolute Gasteiger partial charge is 0.241 e. The van der Waals surface area contributed by atoms with Crippen LogP contribution in [0, 0.1) is 11.3 Å². The number of rotatable bonds is 0. The molecule has 3 rings (SSSR count). The first-order valence-electron chi connectivity index (χ1n) is 5.01. The number of nitriles is 1. The summed E-state index contributed by atoms with van der Waals surface area (Å²) in [5.74, 6) is 0.534. The van der Waals surface area contributed by atoms with Crippen molar-refractivity contribution < 1.29 is 0 Å². The minimum absolute atomic E-state index is 0.534. The van der Waals surface area contributed by atoms with Gasteiger partial charge in [0.1, 0.15) is 11.8 Å². The lowest BCUT2D eigenvalue weighted by Gasteiger charge is -2.35. The van der Waals surface area contributed by atoms with Crippen LogP contribution >= 0.6 is 0 Å². The van der Waals surface area contributed by atoms with Crippen molar-refractivity contribution in [3.8, 4) is 6.07 Å². The lowest BCUT2D eigenvalue weighted by molar-refractivity contribution is 0.625. The molecule has 1 heterocycles. The number of hydrogen-bond donors (Lipinski definition) is 0. The van der Waals surface area contributed by atoms with Gasteiger partial charge in [0.2, 0.25) is 0 Å². The van der Waals surface area contributed by atoms with Crippen LogP contribution in [0.15, 0.2) is 18.2 Å². The molecule has 1 aromatic rings. The smallest absolute Gasteiger partial charge is 0.140 e. The van der Waals surface area contributed by atoms with Crippen LogP contribution in [-0.4, -0.2) is 4.98 Å². The maximum Gasteiger partial charge on any atom is 0.140 e. The van der Waals surface area contributed by atoms with Gasteiger partial charge < -0.3 is 0 Å². The summed E-state index contributed by atoms with van der Waals surface area (Å²) in [6, 6.07) is 5.94. The molecule has 0 saturated carbocycles. The first-order valence-corrected chi connectivity index (χ1v) is 5.01. The maximum absolute atomic E-state index is 8.75. The highest BCUT2D eigenvalue weighted by atomic mass is 14.8. The van der Waals surface area contributed by atoms with Crippen LogP contribution in [0.2, 0.25) is 0 Å². The fourth-order valence-electron chi connectivity index (χ4n) is 2.43. The van der Waals surface area contributed by atoms with Crippen LogP contribution < -0.4 is 0 Å². The van der Waals surface area contributed by atoms with Gasteiger partial charge in [-0.1, -0.05) is 6.08 Å². The Kier molecular flexibility index (Phi) is 1.49. The van der Waals surface area contributed by atoms with Gasteiger partial charge in [0, 0.05) is 11.5 Å². The number of pyridine rings is 1. The van der Waals surface area contributed by atoms with Crippen molar-refractivity contribution in [2.24, 2.45) is 0 Å². The number of nitrogens with zero attached hydrogens (tertiary/aromatic N) is 2. The van der Waals surface area contributed by atoms with Crippen LogP contribution in [0.1, 0.15) is 42.1 Å². The molecule has 0 fully saturated rings. The quantitative estimate of drug-likeness (QED) is 0.618. The summed E-state index contributed by atoms with van der Waals surface area (Å²) < 4.78 is 0. The molecule has 2 heteroatoms. The van der Waals surface area contributed by atoms with Crippen molar-refractivity contribution in [3.05, 3.63) is 35.2 Å². The minimum Gasteiger partial charge on any atom is -0.241 e. The van der Waals surface area contributed by atoms with E-state index in [-0.39, 0.29) is 0 Å². The molecule has 0 aliphatic heterocycles. The Hall–Kier alpha value is -1.62. The third-order valence-electron chi connectivity index (χ3n) is 3.12. The van der Waals surface area contributed by atoms with Gasteiger partial charge in [0.05, 0.1) is 5.69 Å². The van der Waals surface area contributed by atoms with Crippen LogP contribution in [0.4, 0.5) is 0 Å². The van der Waals surface area contributed by atoms with Crippen LogP contribution in [0.25, 0.3) is 5.57 Å². The number of hydrogen-bond acceptors (Lipinski definition) is 2. The Labute approximate surface area is 82.9 Å². The Bertz CT molecular complexity index is 466. The monoisotopic (exact) mass is 182 g/mol. The van der Waals surface area contributed by atoms with Crippen LogP contribution in [-0.2, 0) is 0 Å². The molecule has 0 bridgehead atoms. The fourth-order valence-corrected chi connectivity index (χ4v) is 2.43. The normalized spacial score (nSPS) is 22.5. The molecule has 2 aliphatic carbocycles. The molecule has 14 heavy (non-hydrogen) atoms. The summed E-state index contributed by atoms with van der Waals surface area (Å²) in [5, 5.41) is 8.75. The Balaban J connectivity index is 2.13. The van der Waals surface area contributed by atoms with Crippen LogP contribution in [0.5, 0.6) is 0 Å². The highest BCUT2D eigenvalue weighted by molar-refractivity contribution is 5.83. The molecule has 0 amide bonds. The Morgan fingerprint density at radius 2 is 2.36 bits per heavy atom. The summed E-state index contributed by atoms with van der Waals surface area (Å²) in [4.78, 5) is 4.36. The van der Waals surface area contributed by atoms with Gasteiger partial charge in [-0.05, 0) is 37.0 Å². The van der Waals surface area contributed by atoms with E-state index in [4.69, 9.17) is 5.26 Å². The highest BCUT2D eigenvalue weighted by Gasteiger charge is 2.34. The van der Waals surface area contributed by atoms with E-state index in [2.05, 4.69) is 17.1 Å². The van der Waals surface area contributed by atoms with Gasteiger partial charge in [-0.3, -0.25) is 0 Å². The van der Waals surface area contributed by atoms with Crippen molar-refractivity contribution in [1.29, 1.82) is 5.26 Å². The van der Waals surface area contributed by atoms with Crippen molar-refractivity contribution in [2.75, 3.05) is 0 Å². The zero-order valence-corrected chi connectivity index (χ0v) is 7.83. The van der Waals surface area contributed by atoms with Crippen molar-refractivity contribution in [3.63, 3.8) is 0 Å². The van der Waals surface area contributed by atoms with E-state index in [1.807, 2.05) is 12.1 Å². The molecule has 0 N–H and O–H groups in total. The molecular weight excluding hydrogens is 172 g/mol. The van der Waals surface area contributed by atoms with E-state index in [0.717, 1.165) is 5.69 Å². The molecule has 2 nitrogen and oxygen atoms in total. The van der Waals surface area contributed by atoms with E-state index in [1.54, 1.807) is 0 Å². The van der Waals surface area contributed by atoms with Gasteiger partial charge in [0.15, 0.2) is 0 Å². The molecule has 2 aliphatic rings.